The highest BCUT2D eigenvalue weighted by Gasteiger charge is 2.27. The van der Waals surface area contributed by atoms with E-state index in [1.165, 1.54) is 38.5 Å². The van der Waals surface area contributed by atoms with Crippen LogP contribution in [-0.2, 0) is 4.74 Å². The molecule has 0 N–H and O–H groups in total. The number of hydrogen-bond acceptors (Lipinski definition) is 1. The van der Waals surface area contributed by atoms with Crippen molar-refractivity contribution in [2.45, 2.75) is 84.2 Å². The molecule has 0 bridgehead atoms. The van der Waals surface area contributed by atoms with Crippen LogP contribution >= 0.6 is 0 Å². The number of alkyl halides is 3. The number of unbranched alkanes of at least 4 members (excludes halogenated alkanes) is 6. The van der Waals surface area contributed by atoms with Crippen molar-refractivity contribution in [3.63, 3.8) is 0 Å². The quantitative estimate of drug-likeness (QED) is 0.372. The monoisotopic (exact) mass is 296 g/mol. The summed E-state index contributed by atoms with van der Waals surface area (Å²) in [6.45, 7) is 3.48. The van der Waals surface area contributed by atoms with E-state index in [0.29, 0.717) is 5.92 Å². The van der Waals surface area contributed by atoms with Crippen LogP contribution in [0.4, 0.5) is 13.2 Å². The second-order valence-electron chi connectivity index (χ2n) is 5.70. The minimum atomic E-state index is -4.20. The Morgan fingerprint density at radius 1 is 0.800 bits per heavy atom. The van der Waals surface area contributed by atoms with Gasteiger partial charge in [0.2, 0.25) is 0 Å². The summed E-state index contributed by atoms with van der Waals surface area (Å²) in [5, 5.41) is 0. The number of ether oxygens (including phenoxy) is 1. The zero-order valence-corrected chi connectivity index (χ0v) is 13.1. The highest BCUT2D eigenvalue weighted by molar-refractivity contribution is 4.61. The Kier molecular flexibility index (Phi) is 12.3. The van der Waals surface area contributed by atoms with Crippen molar-refractivity contribution >= 4 is 0 Å². The van der Waals surface area contributed by atoms with Crippen LogP contribution in [0.1, 0.15) is 78.1 Å². The highest BCUT2D eigenvalue weighted by Crippen LogP contribution is 2.21. The van der Waals surface area contributed by atoms with Crippen LogP contribution in [0.2, 0.25) is 0 Å². The maximum absolute atomic E-state index is 12.1. The average Bonchev–Trinajstić information content (AvgIpc) is 2.37. The van der Waals surface area contributed by atoms with Crippen molar-refractivity contribution < 1.29 is 17.9 Å². The highest BCUT2D eigenvalue weighted by atomic mass is 19.4. The van der Waals surface area contributed by atoms with Crippen molar-refractivity contribution in [2.24, 2.45) is 5.92 Å². The fourth-order valence-electron chi connectivity index (χ4n) is 2.37. The zero-order valence-electron chi connectivity index (χ0n) is 13.1. The standard InChI is InChI=1S/C16H31F3O/c1-3-5-7-9-11-15(12-10-8-6-4-2)13-20-14-16(17,18)19/h15H,3-14H2,1-2H3. The summed E-state index contributed by atoms with van der Waals surface area (Å²) in [5.74, 6) is 0.297. The fourth-order valence-corrected chi connectivity index (χ4v) is 2.37. The average molecular weight is 296 g/mol. The predicted molar refractivity (Wildman–Crippen MR) is 77.9 cm³/mol. The van der Waals surface area contributed by atoms with Gasteiger partial charge in [-0.15, -0.1) is 0 Å². The van der Waals surface area contributed by atoms with Crippen LogP contribution in [0.25, 0.3) is 0 Å². The summed E-state index contributed by atoms with van der Waals surface area (Å²) in [5.41, 5.74) is 0. The third-order valence-corrected chi connectivity index (χ3v) is 3.55. The van der Waals surface area contributed by atoms with Crippen molar-refractivity contribution in [3.05, 3.63) is 0 Å². The molecule has 0 saturated heterocycles. The van der Waals surface area contributed by atoms with Gasteiger partial charge in [0.15, 0.2) is 0 Å². The van der Waals surface area contributed by atoms with E-state index in [9.17, 15) is 13.2 Å². The normalized spacial score (nSPS) is 12.3. The summed E-state index contributed by atoms with van der Waals surface area (Å²) in [4.78, 5) is 0. The predicted octanol–water partition coefficient (Wildman–Crippen LogP) is 6.12. The maximum Gasteiger partial charge on any atom is 0.411 e. The molecule has 1 nitrogen and oxygen atoms in total. The van der Waals surface area contributed by atoms with Gasteiger partial charge in [0.1, 0.15) is 6.61 Å². The molecule has 0 spiro atoms. The van der Waals surface area contributed by atoms with Gasteiger partial charge in [-0.2, -0.15) is 13.2 Å². The van der Waals surface area contributed by atoms with Crippen LogP contribution in [0.3, 0.4) is 0 Å². The minimum absolute atomic E-state index is 0.262. The van der Waals surface area contributed by atoms with E-state index in [4.69, 9.17) is 4.74 Å². The molecule has 0 atom stereocenters. The molecule has 0 rings (SSSR count). The first-order valence-corrected chi connectivity index (χ1v) is 8.14. The molecule has 0 aromatic rings. The fraction of sp³-hybridized carbons (Fsp3) is 1.00. The van der Waals surface area contributed by atoms with Crippen molar-refractivity contribution in [1.29, 1.82) is 0 Å². The molecule has 0 aromatic carbocycles. The molecule has 0 radical (unpaired) electrons. The van der Waals surface area contributed by atoms with Crippen LogP contribution < -0.4 is 0 Å². The number of halogens is 3. The van der Waals surface area contributed by atoms with Gasteiger partial charge in [-0.05, 0) is 18.8 Å². The molecule has 0 unspecified atom stereocenters. The van der Waals surface area contributed by atoms with Gasteiger partial charge in [-0.25, -0.2) is 0 Å². The first-order chi connectivity index (χ1) is 9.49. The van der Waals surface area contributed by atoms with Crippen LogP contribution in [0.15, 0.2) is 0 Å². The topological polar surface area (TPSA) is 9.23 Å². The van der Waals surface area contributed by atoms with E-state index in [-0.39, 0.29) is 6.61 Å². The molecule has 0 aromatic heterocycles. The van der Waals surface area contributed by atoms with Crippen molar-refractivity contribution in [2.75, 3.05) is 13.2 Å². The molecule has 0 amide bonds. The van der Waals surface area contributed by atoms with E-state index in [1.54, 1.807) is 0 Å². The van der Waals surface area contributed by atoms with Gasteiger partial charge in [-0.3, -0.25) is 0 Å². The van der Waals surface area contributed by atoms with Crippen LogP contribution in [0, 0.1) is 5.92 Å². The third kappa shape index (κ3) is 14.2. The Bertz CT molecular complexity index is 192. The second-order valence-corrected chi connectivity index (χ2v) is 5.70. The van der Waals surface area contributed by atoms with Crippen molar-refractivity contribution in [1.82, 2.24) is 0 Å². The van der Waals surface area contributed by atoms with E-state index < -0.39 is 12.8 Å². The summed E-state index contributed by atoms with van der Waals surface area (Å²) in [6, 6.07) is 0. The van der Waals surface area contributed by atoms with E-state index in [1.807, 2.05) is 0 Å². The lowest BCUT2D eigenvalue weighted by atomic mass is 9.95. The lowest BCUT2D eigenvalue weighted by molar-refractivity contribution is -0.176. The second kappa shape index (κ2) is 12.5. The summed E-state index contributed by atoms with van der Waals surface area (Å²) >= 11 is 0. The summed E-state index contributed by atoms with van der Waals surface area (Å²) in [7, 11) is 0. The Morgan fingerprint density at radius 3 is 1.70 bits per heavy atom. The maximum atomic E-state index is 12.1. The Morgan fingerprint density at radius 2 is 1.30 bits per heavy atom. The number of hydrogen-bond donors (Lipinski definition) is 0. The third-order valence-electron chi connectivity index (χ3n) is 3.55. The molecule has 0 heterocycles. The molecule has 20 heavy (non-hydrogen) atoms. The minimum Gasteiger partial charge on any atom is -0.372 e. The molecular formula is C16H31F3O. The van der Waals surface area contributed by atoms with Gasteiger partial charge >= 0.3 is 6.18 Å². The van der Waals surface area contributed by atoms with Gasteiger partial charge in [0.25, 0.3) is 0 Å². The van der Waals surface area contributed by atoms with Crippen molar-refractivity contribution in [3.8, 4) is 0 Å². The first kappa shape index (κ1) is 19.8. The Balaban J connectivity index is 3.84. The van der Waals surface area contributed by atoms with Crippen LogP contribution in [-0.4, -0.2) is 19.4 Å². The molecule has 0 fully saturated rings. The molecule has 0 aliphatic heterocycles. The number of rotatable bonds is 13. The smallest absolute Gasteiger partial charge is 0.372 e. The van der Waals surface area contributed by atoms with E-state index in [2.05, 4.69) is 13.8 Å². The Labute approximate surface area is 122 Å². The summed E-state index contributed by atoms with van der Waals surface area (Å²) < 4.78 is 41.1. The van der Waals surface area contributed by atoms with Gasteiger partial charge in [0.05, 0.1) is 0 Å². The molecular weight excluding hydrogens is 265 g/mol. The SMILES string of the molecule is CCCCCCC(CCCCCC)COCC(F)(F)F. The molecule has 0 aliphatic carbocycles. The molecule has 0 aliphatic rings. The lowest BCUT2D eigenvalue weighted by Gasteiger charge is -2.18. The largest absolute Gasteiger partial charge is 0.411 e. The Hall–Kier alpha value is -0.250. The zero-order chi connectivity index (χ0) is 15.3. The van der Waals surface area contributed by atoms with Gasteiger partial charge in [0, 0.05) is 6.61 Å². The van der Waals surface area contributed by atoms with Gasteiger partial charge in [-0.1, -0.05) is 65.2 Å². The molecule has 0 saturated carbocycles. The first-order valence-electron chi connectivity index (χ1n) is 8.14. The lowest BCUT2D eigenvalue weighted by Crippen LogP contribution is -2.20. The molecule has 122 valence electrons. The van der Waals surface area contributed by atoms with E-state index in [0.717, 1.165) is 25.7 Å². The summed E-state index contributed by atoms with van der Waals surface area (Å²) in [6.07, 6.45) is 7.20. The van der Waals surface area contributed by atoms with Crippen LogP contribution in [0.5, 0.6) is 0 Å². The van der Waals surface area contributed by atoms with Gasteiger partial charge < -0.3 is 4.74 Å². The molecule has 4 heteroatoms. The van der Waals surface area contributed by atoms with E-state index >= 15 is 0 Å².